The third-order valence-corrected chi connectivity index (χ3v) is 5.28. The second-order valence-corrected chi connectivity index (χ2v) is 7.66. The van der Waals surface area contributed by atoms with Crippen molar-refractivity contribution in [3.8, 4) is 0 Å². The number of rotatable bonds is 5. The zero-order valence-corrected chi connectivity index (χ0v) is 14.1. The highest BCUT2D eigenvalue weighted by Gasteiger charge is 2.40. The summed E-state index contributed by atoms with van der Waals surface area (Å²) in [7, 11) is 0. The highest BCUT2D eigenvalue weighted by Crippen LogP contribution is 2.41. The number of aliphatic imine (C=N–C) groups is 1. The second-order valence-electron chi connectivity index (χ2n) is 6.44. The maximum atomic E-state index is 12.1. The monoisotopic (exact) mass is 331 g/mol. The molecule has 6 heteroatoms. The van der Waals surface area contributed by atoms with Crippen LogP contribution in [0.2, 0.25) is 0 Å². The Morgan fingerprint density at radius 3 is 2.65 bits per heavy atom. The molecular weight excluding hydrogens is 310 g/mol. The maximum absolute atomic E-state index is 12.1. The summed E-state index contributed by atoms with van der Waals surface area (Å²) in [6.45, 7) is 4.35. The van der Waals surface area contributed by atoms with Crippen LogP contribution in [0.5, 0.6) is 0 Å². The summed E-state index contributed by atoms with van der Waals surface area (Å²) in [5.74, 6) is 0.495. The van der Waals surface area contributed by atoms with Crippen LogP contribution in [-0.4, -0.2) is 28.3 Å². The van der Waals surface area contributed by atoms with Crippen molar-refractivity contribution in [2.24, 2.45) is 10.7 Å². The lowest BCUT2D eigenvalue weighted by atomic mass is 10.0. The van der Waals surface area contributed by atoms with Gasteiger partial charge in [-0.1, -0.05) is 49.9 Å². The van der Waals surface area contributed by atoms with E-state index >= 15 is 0 Å². The molecule has 0 aromatic heterocycles. The third kappa shape index (κ3) is 3.75. The molecule has 3 atom stereocenters. The molecule has 3 N–H and O–H groups in total. The van der Waals surface area contributed by atoms with Crippen LogP contribution in [0.15, 0.2) is 29.3 Å². The predicted molar refractivity (Wildman–Crippen MR) is 92.4 cm³/mol. The van der Waals surface area contributed by atoms with Crippen LogP contribution in [-0.2, 0) is 9.59 Å². The summed E-state index contributed by atoms with van der Waals surface area (Å²) < 4.78 is 0. The first kappa shape index (κ1) is 16.1. The standard InChI is InChI=1S/C17H21N3O2S/c1-9(2)10-3-5-11(6-4-10)12-7-13(12)19-15(21)8-14-16(22)20-17(18)23-14/h3-6,9,12-14H,7-8H2,1-2H3,(H,19,21)(H2,18,20,22)/t12-,13-,14+/m0/s1. The van der Waals surface area contributed by atoms with Crippen LogP contribution in [0.25, 0.3) is 0 Å². The number of benzene rings is 1. The van der Waals surface area contributed by atoms with Crippen molar-refractivity contribution in [1.29, 1.82) is 0 Å². The van der Waals surface area contributed by atoms with Crippen LogP contribution in [0, 0.1) is 0 Å². The number of nitrogens with zero attached hydrogens (tertiary/aromatic N) is 1. The van der Waals surface area contributed by atoms with E-state index in [0.717, 1.165) is 6.42 Å². The Bertz CT molecular complexity index is 654. The van der Waals surface area contributed by atoms with Gasteiger partial charge < -0.3 is 11.1 Å². The molecule has 23 heavy (non-hydrogen) atoms. The highest BCUT2D eigenvalue weighted by molar-refractivity contribution is 8.15. The van der Waals surface area contributed by atoms with E-state index in [9.17, 15) is 9.59 Å². The lowest BCUT2D eigenvalue weighted by molar-refractivity contribution is -0.124. The number of carbonyl (C=O) groups excluding carboxylic acids is 2. The number of nitrogens with two attached hydrogens (primary N) is 1. The third-order valence-electron chi connectivity index (χ3n) is 4.30. The number of carbonyl (C=O) groups is 2. The normalized spacial score (nSPS) is 26.3. The van der Waals surface area contributed by atoms with Crippen LogP contribution in [0.1, 0.15) is 49.7 Å². The fourth-order valence-electron chi connectivity index (χ4n) is 2.82. The quantitative estimate of drug-likeness (QED) is 0.865. The van der Waals surface area contributed by atoms with E-state index in [1.807, 2.05) is 0 Å². The first-order chi connectivity index (χ1) is 10.9. The molecule has 0 spiro atoms. The number of nitrogens with one attached hydrogen (secondary N) is 1. The Labute approximate surface area is 140 Å². The van der Waals surface area contributed by atoms with Crippen molar-refractivity contribution < 1.29 is 9.59 Å². The fraction of sp³-hybridized carbons (Fsp3) is 0.471. The summed E-state index contributed by atoms with van der Waals surface area (Å²) in [6, 6.07) is 8.79. The second kappa shape index (κ2) is 6.35. The lowest BCUT2D eigenvalue weighted by Crippen LogP contribution is -2.30. The Hall–Kier alpha value is -1.82. The van der Waals surface area contributed by atoms with Crippen molar-refractivity contribution in [2.45, 2.75) is 49.8 Å². The Balaban J connectivity index is 1.49. The molecule has 0 unspecified atom stereocenters. The van der Waals surface area contributed by atoms with Crippen LogP contribution in [0.4, 0.5) is 0 Å². The molecule has 0 radical (unpaired) electrons. The van der Waals surface area contributed by atoms with E-state index in [0.29, 0.717) is 11.8 Å². The minimum atomic E-state index is -0.461. The van der Waals surface area contributed by atoms with Gasteiger partial charge >= 0.3 is 0 Å². The number of hydrogen-bond donors (Lipinski definition) is 2. The Kier molecular flexibility index (Phi) is 4.43. The van der Waals surface area contributed by atoms with Crippen molar-refractivity contribution in [2.75, 3.05) is 0 Å². The van der Waals surface area contributed by atoms with Gasteiger partial charge in [-0.15, -0.1) is 0 Å². The number of amidine groups is 1. The van der Waals surface area contributed by atoms with Crippen LogP contribution >= 0.6 is 11.8 Å². The van der Waals surface area contributed by atoms with Crippen molar-refractivity contribution >= 4 is 28.7 Å². The molecule has 1 aromatic rings. The van der Waals surface area contributed by atoms with Gasteiger partial charge in [0.2, 0.25) is 5.91 Å². The van der Waals surface area contributed by atoms with E-state index in [-0.39, 0.29) is 29.4 Å². The molecule has 1 aromatic carbocycles. The summed E-state index contributed by atoms with van der Waals surface area (Å²) in [4.78, 5) is 27.2. The van der Waals surface area contributed by atoms with Gasteiger partial charge in [-0.25, -0.2) is 0 Å². The average Bonchev–Trinajstić information content (AvgIpc) is 3.18. The molecule has 0 saturated heterocycles. The van der Waals surface area contributed by atoms with E-state index in [1.54, 1.807) is 0 Å². The molecule has 1 aliphatic carbocycles. The highest BCUT2D eigenvalue weighted by atomic mass is 32.2. The molecule has 1 saturated carbocycles. The minimum absolute atomic E-state index is 0.105. The molecule has 5 nitrogen and oxygen atoms in total. The van der Waals surface area contributed by atoms with E-state index in [4.69, 9.17) is 5.73 Å². The summed E-state index contributed by atoms with van der Waals surface area (Å²) in [6.07, 6.45) is 1.10. The minimum Gasteiger partial charge on any atom is -0.378 e. The van der Waals surface area contributed by atoms with Gasteiger partial charge in [0.15, 0.2) is 5.17 Å². The molecule has 122 valence electrons. The molecule has 3 rings (SSSR count). The van der Waals surface area contributed by atoms with Crippen LogP contribution in [0.3, 0.4) is 0 Å². The first-order valence-electron chi connectivity index (χ1n) is 7.88. The number of thioether (sulfide) groups is 1. The zero-order chi connectivity index (χ0) is 16.6. The first-order valence-corrected chi connectivity index (χ1v) is 8.76. The SMILES string of the molecule is CC(C)c1ccc([C@@H]2C[C@@H]2NC(=O)C[C@H]2SC(N)=NC2=O)cc1. The number of amides is 2. The molecule has 0 bridgehead atoms. The summed E-state index contributed by atoms with van der Waals surface area (Å²) in [5, 5.41) is 2.80. The summed E-state index contributed by atoms with van der Waals surface area (Å²) in [5.41, 5.74) is 8.08. The molecule has 1 heterocycles. The van der Waals surface area contributed by atoms with Gasteiger partial charge in [0.05, 0.1) is 0 Å². The largest absolute Gasteiger partial charge is 0.378 e. The molecular formula is C17H21N3O2S. The fourth-order valence-corrected chi connectivity index (χ4v) is 3.64. The Morgan fingerprint density at radius 2 is 2.09 bits per heavy atom. The van der Waals surface area contributed by atoms with Gasteiger partial charge in [-0.05, 0) is 23.5 Å². The average molecular weight is 331 g/mol. The molecule has 1 aliphatic heterocycles. The topological polar surface area (TPSA) is 84.6 Å². The van der Waals surface area contributed by atoms with Gasteiger partial charge in [-0.3, -0.25) is 9.59 Å². The number of hydrogen-bond acceptors (Lipinski definition) is 4. The molecule has 2 amide bonds. The van der Waals surface area contributed by atoms with Crippen molar-refractivity contribution in [3.05, 3.63) is 35.4 Å². The smallest absolute Gasteiger partial charge is 0.262 e. The lowest BCUT2D eigenvalue weighted by Gasteiger charge is -2.09. The maximum Gasteiger partial charge on any atom is 0.262 e. The van der Waals surface area contributed by atoms with E-state index < -0.39 is 5.25 Å². The van der Waals surface area contributed by atoms with E-state index in [1.165, 1.54) is 22.9 Å². The van der Waals surface area contributed by atoms with Crippen molar-refractivity contribution in [3.63, 3.8) is 0 Å². The van der Waals surface area contributed by atoms with Gasteiger partial charge in [0, 0.05) is 18.4 Å². The molecule has 2 aliphatic rings. The van der Waals surface area contributed by atoms with Gasteiger partial charge in [0.1, 0.15) is 5.25 Å². The van der Waals surface area contributed by atoms with Gasteiger partial charge in [0.25, 0.3) is 5.91 Å². The van der Waals surface area contributed by atoms with E-state index in [2.05, 4.69) is 48.4 Å². The van der Waals surface area contributed by atoms with Crippen molar-refractivity contribution in [1.82, 2.24) is 5.32 Å². The summed E-state index contributed by atoms with van der Waals surface area (Å²) >= 11 is 1.17. The Morgan fingerprint density at radius 1 is 1.39 bits per heavy atom. The van der Waals surface area contributed by atoms with Gasteiger partial charge in [-0.2, -0.15) is 4.99 Å². The molecule has 1 fully saturated rings. The predicted octanol–water partition coefficient (Wildman–Crippen LogP) is 2.13. The van der Waals surface area contributed by atoms with Crippen LogP contribution < -0.4 is 11.1 Å². The zero-order valence-electron chi connectivity index (χ0n) is 13.3.